The summed E-state index contributed by atoms with van der Waals surface area (Å²) in [6, 6.07) is 0. The summed E-state index contributed by atoms with van der Waals surface area (Å²) in [4.78, 5) is 0. The van der Waals surface area contributed by atoms with Gasteiger partial charge in [0, 0.05) is 0 Å². The summed E-state index contributed by atoms with van der Waals surface area (Å²) < 4.78 is 10.8. The van der Waals surface area contributed by atoms with Gasteiger partial charge < -0.3 is 9.05 Å². The minimum atomic E-state index is -0.0936. The Bertz CT molecular complexity index is 96.2. The molecule has 0 fully saturated rings. The molecule has 2 nitrogen and oxygen atoms in total. The summed E-state index contributed by atoms with van der Waals surface area (Å²) in [5.74, 6) is 0. The zero-order valence-corrected chi connectivity index (χ0v) is 9.32. The molecule has 0 aromatic heterocycles. The first-order chi connectivity index (χ1) is 4.71. The normalized spacial score (nSPS) is 13.6. The number of rotatable bonds is 2. The van der Waals surface area contributed by atoms with Gasteiger partial charge in [0.2, 0.25) is 0 Å². The average Bonchev–Trinajstić information content (AvgIpc) is 1.55. The van der Waals surface area contributed by atoms with Crippen molar-refractivity contribution in [2.75, 3.05) is 0 Å². The van der Waals surface area contributed by atoms with Gasteiger partial charge in [-0.05, 0) is 41.5 Å². The highest BCUT2D eigenvalue weighted by Gasteiger charge is 2.14. The second-order valence-electron chi connectivity index (χ2n) is 4.51. The van der Waals surface area contributed by atoms with Crippen LogP contribution >= 0.6 is 9.03 Å². The van der Waals surface area contributed by atoms with Crippen molar-refractivity contribution in [3.63, 3.8) is 0 Å². The molecular formula is C8H19O2P. The van der Waals surface area contributed by atoms with Gasteiger partial charge in [-0.15, -0.1) is 0 Å². The molecule has 0 bridgehead atoms. The van der Waals surface area contributed by atoms with E-state index in [1.807, 2.05) is 41.5 Å². The minimum Gasteiger partial charge on any atom is -0.330 e. The predicted molar refractivity (Wildman–Crippen MR) is 50.0 cm³/mol. The second kappa shape index (κ2) is 3.84. The maximum absolute atomic E-state index is 5.41. The van der Waals surface area contributed by atoms with Crippen molar-refractivity contribution < 1.29 is 9.05 Å². The monoisotopic (exact) mass is 178 g/mol. The van der Waals surface area contributed by atoms with E-state index in [0.717, 1.165) is 0 Å². The molecule has 3 heteroatoms. The molecule has 0 aliphatic heterocycles. The molecule has 0 saturated heterocycles. The van der Waals surface area contributed by atoms with Crippen molar-refractivity contribution in [2.24, 2.45) is 0 Å². The van der Waals surface area contributed by atoms with Crippen LogP contribution in [0.2, 0.25) is 0 Å². The zero-order chi connectivity index (χ0) is 9.12. The molecule has 0 aromatic rings. The quantitative estimate of drug-likeness (QED) is 0.605. The van der Waals surface area contributed by atoms with Gasteiger partial charge in [-0.1, -0.05) is 0 Å². The van der Waals surface area contributed by atoms with Crippen LogP contribution in [-0.4, -0.2) is 11.2 Å². The zero-order valence-electron chi connectivity index (χ0n) is 8.32. The lowest BCUT2D eigenvalue weighted by molar-refractivity contribution is 0.0846. The van der Waals surface area contributed by atoms with Crippen molar-refractivity contribution in [2.45, 2.75) is 52.7 Å². The second-order valence-corrected chi connectivity index (χ2v) is 5.09. The fraction of sp³-hybridized carbons (Fsp3) is 1.00. The summed E-state index contributed by atoms with van der Waals surface area (Å²) in [5.41, 5.74) is -0.187. The maximum atomic E-state index is 5.41. The van der Waals surface area contributed by atoms with Crippen LogP contribution in [0.1, 0.15) is 41.5 Å². The van der Waals surface area contributed by atoms with E-state index in [4.69, 9.17) is 9.05 Å². The lowest BCUT2D eigenvalue weighted by atomic mass is 10.2. The van der Waals surface area contributed by atoms with Crippen LogP contribution in [0.25, 0.3) is 0 Å². The summed E-state index contributed by atoms with van der Waals surface area (Å²) in [7, 11) is 0.135. The van der Waals surface area contributed by atoms with E-state index in [9.17, 15) is 0 Å². The fourth-order valence-electron chi connectivity index (χ4n) is 0.271. The third kappa shape index (κ3) is 10.4. The summed E-state index contributed by atoms with van der Waals surface area (Å²) in [6.45, 7) is 12.1. The van der Waals surface area contributed by atoms with Gasteiger partial charge >= 0.3 is 0 Å². The van der Waals surface area contributed by atoms with Gasteiger partial charge in [0.05, 0.1) is 11.2 Å². The van der Waals surface area contributed by atoms with Crippen LogP contribution in [0.4, 0.5) is 0 Å². The van der Waals surface area contributed by atoms with Crippen LogP contribution in [-0.2, 0) is 9.05 Å². The Morgan fingerprint density at radius 2 is 1.00 bits per heavy atom. The van der Waals surface area contributed by atoms with Gasteiger partial charge in [-0.3, -0.25) is 0 Å². The number of hydrogen-bond acceptors (Lipinski definition) is 2. The first-order valence-corrected chi connectivity index (χ1v) is 4.63. The van der Waals surface area contributed by atoms with E-state index >= 15 is 0 Å². The van der Waals surface area contributed by atoms with Crippen molar-refractivity contribution >= 4 is 9.03 Å². The summed E-state index contributed by atoms with van der Waals surface area (Å²) in [5, 5.41) is 0. The van der Waals surface area contributed by atoms with Gasteiger partial charge in [-0.25, -0.2) is 0 Å². The van der Waals surface area contributed by atoms with E-state index in [0.29, 0.717) is 0 Å². The van der Waals surface area contributed by atoms with E-state index in [1.54, 1.807) is 0 Å². The Labute approximate surface area is 71.6 Å². The third-order valence-electron chi connectivity index (χ3n) is 0.696. The summed E-state index contributed by atoms with van der Waals surface area (Å²) >= 11 is 0. The Kier molecular flexibility index (Phi) is 3.96. The van der Waals surface area contributed by atoms with Gasteiger partial charge in [0.1, 0.15) is 0 Å². The van der Waals surface area contributed by atoms with Gasteiger partial charge in [-0.2, -0.15) is 0 Å². The molecule has 0 aromatic carbocycles. The molecule has 0 aliphatic rings. The fourth-order valence-corrected chi connectivity index (χ4v) is 0.813. The molecule has 0 amide bonds. The van der Waals surface area contributed by atoms with Gasteiger partial charge in [0.15, 0.2) is 9.03 Å². The molecular weight excluding hydrogens is 159 g/mol. The number of hydrogen-bond donors (Lipinski definition) is 0. The molecule has 0 unspecified atom stereocenters. The van der Waals surface area contributed by atoms with Crippen molar-refractivity contribution in [3.05, 3.63) is 0 Å². The topological polar surface area (TPSA) is 18.5 Å². The van der Waals surface area contributed by atoms with Gasteiger partial charge in [0.25, 0.3) is 0 Å². The molecule has 0 spiro atoms. The van der Waals surface area contributed by atoms with E-state index in [1.165, 1.54) is 0 Å². The van der Waals surface area contributed by atoms with Crippen LogP contribution in [0.3, 0.4) is 0 Å². The predicted octanol–water partition coefficient (Wildman–Crippen LogP) is 3.13. The molecule has 0 radical (unpaired) electrons. The lowest BCUT2D eigenvalue weighted by Crippen LogP contribution is -2.18. The van der Waals surface area contributed by atoms with Crippen LogP contribution in [0, 0.1) is 0 Å². The molecule has 0 rings (SSSR count). The average molecular weight is 178 g/mol. The van der Waals surface area contributed by atoms with E-state index in [2.05, 4.69) is 0 Å². The first-order valence-electron chi connectivity index (χ1n) is 3.82. The standard InChI is InChI=1S/C8H19O2P/c1-7(2,3)9-11-10-8(4,5)6/h11H,1-6H3. The Morgan fingerprint density at radius 1 is 0.727 bits per heavy atom. The highest BCUT2D eigenvalue weighted by Crippen LogP contribution is 2.28. The molecule has 0 saturated carbocycles. The van der Waals surface area contributed by atoms with E-state index in [-0.39, 0.29) is 20.2 Å². The van der Waals surface area contributed by atoms with Crippen LogP contribution in [0.15, 0.2) is 0 Å². The smallest absolute Gasteiger partial charge is 0.156 e. The Balaban J connectivity index is 3.44. The van der Waals surface area contributed by atoms with Crippen molar-refractivity contribution in [1.82, 2.24) is 0 Å². The molecule has 0 N–H and O–H groups in total. The summed E-state index contributed by atoms with van der Waals surface area (Å²) in [6.07, 6.45) is 0. The third-order valence-corrected chi connectivity index (χ3v) is 2.09. The largest absolute Gasteiger partial charge is 0.330 e. The molecule has 0 aliphatic carbocycles. The first kappa shape index (κ1) is 11.4. The van der Waals surface area contributed by atoms with Crippen molar-refractivity contribution in [1.29, 1.82) is 0 Å². The lowest BCUT2D eigenvalue weighted by Gasteiger charge is -2.23. The molecule has 11 heavy (non-hydrogen) atoms. The van der Waals surface area contributed by atoms with Crippen LogP contribution < -0.4 is 0 Å². The Morgan fingerprint density at radius 3 is 1.18 bits per heavy atom. The highest BCUT2D eigenvalue weighted by atomic mass is 31.1. The maximum Gasteiger partial charge on any atom is 0.156 e. The molecule has 68 valence electrons. The molecule has 0 heterocycles. The van der Waals surface area contributed by atoms with Crippen molar-refractivity contribution in [3.8, 4) is 0 Å². The van der Waals surface area contributed by atoms with Crippen LogP contribution in [0.5, 0.6) is 0 Å². The minimum absolute atomic E-state index is 0.0936. The Hall–Kier alpha value is 0.350. The highest BCUT2D eigenvalue weighted by molar-refractivity contribution is 7.26. The SMILES string of the molecule is CC(C)(C)OPOC(C)(C)C. The molecule has 0 atom stereocenters. The van der Waals surface area contributed by atoms with E-state index < -0.39 is 0 Å².